The van der Waals surface area contributed by atoms with Gasteiger partial charge in [-0.3, -0.25) is 9.78 Å². The highest BCUT2D eigenvalue weighted by atomic mass is 79.9. The summed E-state index contributed by atoms with van der Waals surface area (Å²) in [6, 6.07) is 10.0. The van der Waals surface area contributed by atoms with E-state index in [4.69, 9.17) is 0 Å². The minimum Gasteiger partial charge on any atom is -0.309 e. The van der Waals surface area contributed by atoms with Crippen molar-refractivity contribution in [3.8, 4) is 0 Å². The van der Waals surface area contributed by atoms with Crippen LogP contribution in [0.15, 0.2) is 30.3 Å². The molecule has 1 fully saturated rings. The number of pyridine rings is 1. The van der Waals surface area contributed by atoms with Gasteiger partial charge in [-0.1, -0.05) is 34.1 Å². The number of halogens is 1. The van der Waals surface area contributed by atoms with Gasteiger partial charge in [0.2, 0.25) is 5.91 Å². The maximum absolute atomic E-state index is 12.1. The summed E-state index contributed by atoms with van der Waals surface area (Å²) in [5.74, 6) is 0.130. The zero-order valence-corrected chi connectivity index (χ0v) is 11.6. The number of hydrogen-bond donors (Lipinski definition) is 0. The third kappa shape index (κ3) is 1.81. The summed E-state index contributed by atoms with van der Waals surface area (Å²) in [5, 5.41) is 1.07. The van der Waals surface area contributed by atoms with Crippen LogP contribution in [0.4, 0.5) is 5.69 Å². The lowest BCUT2D eigenvalue weighted by Crippen LogP contribution is -2.27. The van der Waals surface area contributed by atoms with Crippen molar-refractivity contribution in [2.75, 3.05) is 11.4 Å². The molecule has 1 aromatic carbocycles. The fourth-order valence-corrected chi connectivity index (χ4v) is 2.78. The van der Waals surface area contributed by atoms with Gasteiger partial charge < -0.3 is 4.90 Å². The number of fused-ring (bicyclic) bond motifs is 1. The third-order valence-corrected chi connectivity index (χ3v) is 4.12. The summed E-state index contributed by atoms with van der Waals surface area (Å²) in [4.78, 5) is 18.4. The fraction of sp³-hybridized carbons (Fsp3) is 0.286. The molecule has 1 aliphatic heterocycles. The molecule has 0 radical (unpaired) electrons. The fourth-order valence-electron chi connectivity index (χ4n) is 2.33. The van der Waals surface area contributed by atoms with Gasteiger partial charge in [0.05, 0.1) is 16.0 Å². The number of carbonyl (C=O) groups excluding carboxylic acids is 1. The number of hydrogen-bond acceptors (Lipinski definition) is 2. The lowest BCUT2D eigenvalue weighted by Gasteiger charge is -2.17. The molecule has 4 heteroatoms. The molecule has 2 aromatic rings. The lowest BCUT2D eigenvalue weighted by atomic mass is 10.1. The minimum absolute atomic E-state index is 0.0578. The molecule has 1 atom stereocenters. The maximum Gasteiger partial charge on any atom is 0.240 e. The first-order valence-electron chi connectivity index (χ1n) is 5.98. The van der Waals surface area contributed by atoms with Gasteiger partial charge in [-0.05, 0) is 25.5 Å². The Morgan fingerprint density at radius 3 is 2.89 bits per heavy atom. The van der Waals surface area contributed by atoms with Crippen LogP contribution in [0.3, 0.4) is 0 Å². The Morgan fingerprint density at radius 1 is 1.33 bits per heavy atom. The summed E-state index contributed by atoms with van der Waals surface area (Å²) in [5.41, 5.74) is 2.80. The second kappa shape index (κ2) is 4.35. The van der Waals surface area contributed by atoms with Crippen LogP contribution in [0.5, 0.6) is 0 Å². The molecular weight excluding hydrogens is 292 g/mol. The molecule has 2 heterocycles. The van der Waals surface area contributed by atoms with Crippen LogP contribution >= 0.6 is 15.9 Å². The van der Waals surface area contributed by atoms with Crippen molar-refractivity contribution in [3.63, 3.8) is 0 Å². The molecular formula is C14H13BrN2O. The lowest BCUT2D eigenvalue weighted by molar-refractivity contribution is -0.116. The van der Waals surface area contributed by atoms with Crippen molar-refractivity contribution in [2.45, 2.75) is 18.2 Å². The van der Waals surface area contributed by atoms with Crippen LogP contribution in [0.2, 0.25) is 0 Å². The molecule has 3 rings (SSSR count). The Morgan fingerprint density at radius 2 is 2.17 bits per heavy atom. The number of alkyl halides is 1. The second-order valence-corrected chi connectivity index (χ2v) is 5.65. The quantitative estimate of drug-likeness (QED) is 0.759. The third-order valence-electron chi connectivity index (χ3n) is 3.27. The number of benzene rings is 1. The van der Waals surface area contributed by atoms with E-state index >= 15 is 0 Å². The van der Waals surface area contributed by atoms with Crippen molar-refractivity contribution in [3.05, 3.63) is 36.0 Å². The van der Waals surface area contributed by atoms with Crippen LogP contribution in [0, 0.1) is 6.92 Å². The summed E-state index contributed by atoms with van der Waals surface area (Å²) < 4.78 is 0. The largest absolute Gasteiger partial charge is 0.309 e. The highest BCUT2D eigenvalue weighted by Crippen LogP contribution is 2.30. The SMILES string of the molecule is Cc1ccc2cccc(N3CCC(Br)C3=O)c2n1. The van der Waals surface area contributed by atoms with Gasteiger partial charge in [0.1, 0.15) is 0 Å². The monoisotopic (exact) mass is 304 g/mol. The molecule has 18 heavy (non-hydrogen) atoms. The molecule has 0 aliphatic carbocycles. The van der Waals surface area contributed by atoms with E-state index in [0.717, 1.165) is 35.2 Å². The van der Waals surface area contributed by atoms with E-state index in [0.29, 0.717) is 0 Å². The first kappa shape index (κ1) is 11.7. The van der Waals surface area contributed by atoms with Crippen molar-refractivity contribution < 1.29 is 4.79 Å². The van der Waals surface area contributed by atoms with Gasteiger partial charge in [-0.15, -0.1) is 0 Å². The van der Waals surface area contributed by atoms with Crippen molar-refractivity contribution in [1.82, 2.24) is 4.98 Å². The smallest absolute Gasteiger partial charge is 0.240 e. The average molecular weight is 305 g/mol. The Bertz CT molecular complexity index is 626. The van der Waals surface area contributed by atoms with E-state index in [1.807, 2.05) is 42.2 Å². The molecule has 3 nitrogen and oxygen atoms in total. The number of aryl methyl sites for hydroxylation is 1. The molecule has 92 valence electrons. The van der Waals surface area contributed by atoms with Crippen molar-refractivity contribution in [1.29, 1.82) is 0 Å². The van der Waals surface area contributed by atoms with E-state index < -0.39 is 0 Å². The molecule has 1 saturated heterocycles. The molecule has 1 aliphatic rings. The van der Waals surface area contributed by atoms with E-state index in [1.54, 1.807) is 0 Å². The van der Waals surface area contributed by atoms with Crippen LogP contribution in [0.1, 0.15) is 12.1 Å². The zero-order chi connectivity index (χ0) is 12.7. The van der Waals surface area contributed by atoms with E-state index in [2.05, 4.69) is 20.9 Å². The molecule has 0 N–H and O–H groups in total. The van der Waals surface area contributed by atoms with Crippen LogP contribution in [0.25, 0.3) is 10.9 Å². The summed E-state index contributed by atoms with van der Waals surface area (Å²) in [7, 11) is 0. The van der Waals surface area contributed by atoms with Gasteiger partial charge in [-0.25, -0.2) is 0 Å². The van der Waals surface area contributed by atoms with Gasteiger partial charge in [0.25, 0.3) is 0 Å². The predicted octanol–water partition coefficient (Wildman–Crippen LogP) is 3.04. The van der Waals surface area contributed by atoms with Crippen molar-refractivity contribution in [2.24, 2.45) is 0 Å². The van der Waals surface area contributed by atoms with Crippen molar-refractivity contribution >= 4 is 38.4 Å². The Kier molecular flexibility index (Phi) is 2.82. The van der Waals surface area contributed by atoms with E-state index in [-0.39, 0.29) is 10.7 Å². The molecule has 1 unspecified atom stereocenters. The molecule has 1 amide bonds. The number of rotatable bonds is 1. The number of aromatic nitrogens is 1. The number of anilines is 1. The molecule has 0 spiro atoms. The Hall–Kier alpha value is -1.42. The summed E-state index contributed by atoms with van der Waals surface area (Å²) in [6.07, 6.45) is 0.848. The second-order valence-electron chi connectivity index (χ2n) is 4.55. The van der Waals surface area contributed by atoms with E-state index in [9.17, 15) is 4.79 Å². The predicted molar refractivity (Wildman–Crippen MR) is 76.2 cm³/mol. The van der Waals surface area contributed by atoms with E-state index in [1.165, 1.54) is 0 Å². The first-order valence-corrected chi connectivity index (χ1v) is 6.90. The van der Waals surface area contributed by atoms with Gasteiger partial charge in [0.15, 0.2) is 0 Å². The number of amides is 1. The number of nitrogens with zero attached hydrogens (tertiary/aromatic N) is 2. The molecule has 1 aromatic heterocycles. The first-order chi connectivity index (χ1) is 8.66. The Balaban J connectivity index is 2.17. The topological polar surface area (TPSA) is 33.2 Å². The zero-order valence-electron chi connectivity index (χ0n) is 10.1. The van der Waals surface area contributed by atoms with Crippen LogP contribution in [-0.4, -0.2) is 22.3 Å². The number of para-hydroxylation sites is 1. The summed E-state index contributed by atoms with van der Waals surface area (Å²) >= 11 is 3.41. The highest BCUT2D eigenvalue weighted by Gasteiger charge is 2.31. The standard InChI is InChI=1S/C14H13BrN2O/c1-9-5-6-10-3-2-4-12(13(10)16-9)17-8-7-11(15)14(17)18/h2-6,11H,7-8H2,1H3. The Labute approximate surface area is 114 Å². The summed E-state index contributed by atoms with van der Waals surface area (Å²) in [6.45, 7) is 2.72. The van der Waals surface area contributed by atoms with Gasteiger partial charge in [0, 0.05) is 17.6 Å². The normalized spacial score (nSPS) is 19.8. The average Bonchev–Trinajstić information content (AvgIpc) is 2.69. The van der Waals surface area contributed by atoms with Crippen LogP contribution < -0.4 is 4.90 Å². The molecule has 0 saturated carbocycles. The van der Waals surface area contributed by atoms with Gasteiger partial charge in [-0.2, -0.15) is 0 Å². The highest BCUT2D eigenvalue weighted by molar-refractivity contribution is 9.10. The van der Waals surface area contributed by atoms with Gasteiger partial charge >= 0.3 is 0 Å². The van der Waals surface area contributed by atoms with Crippen LogP contribution in [-0.2, 0) is 4.79 Å². The minimum atomic E-state index is -0.0578. The maximum atomic E-state index is 12.1. The number of carbonyl (C=O) groups is 1. The molecule has 0 bridgehead atoms.